The van der Waals surface area contributed by atoms with Crippen LogP contribution in [0, 0.1) is 0 Å². The molecule has 122 valence electrons. The molecule has 2 atom stereocenters. The molecule has 0 fully saturated rings. The molecule has 1 aliphatic rings. The number of hydrogen-bond acceptors (Lipinski definition) is 2. The highest BCUT2D eigenvalue weighted by Crippen LogP contribution is 2.32. The van der Waals surface area contributed by atoms with Crippen LogP contribution in [0.15, 0.2) is 29.3 Å². The van der Waals surface area contributed by atoms with Crippen LogP contribution in [0.2, 0.25) is 0 Å². The highest BCUT2D eigenvalue weighted by Gasteiger charge is 2.26. The van der Waals surface area contributed by atoms with E-state index in [0.29, 0.717) is 6.61 Å². The van der Waals surface area contributed by atoms with Gasteiger partial charge < -0.3 is 4.74 Å². The van der Waals surface area contributed by atoms with E-state index in [1.807, 2.05) is 26.8 Å². The number of nitrogens with one attached hydrogen (secondary N) is 1. The third-order valence-electron chi connectivity index (χ3n) is 3.69. The van der Waals surface area contributed by atoms with Gasteiger partial charge in [0.25, 0.3) is 0 Å². The molecule has 0 radical (unpaired) electrons. The van der Waals surface area contributed by atoms with Crippen LogP contribution < -0.4 is 4.72 Å². The Balaban J connectivity index is 2.38. The van der Waals surface area contributed by atoms with Gasteiger partial charge in [-0.25, -0.2) is 8.93 Å². The monoisotopic (exact) mass is 385 g/mol. The van der Waals surface area contributed by atoms with E-state index < -0.39 is 11.0 Å². The van der Waals surface area contributed by atoms with Crippen LogP contribution in [0.3, 0.4) is 0 Å². The number of halogens is 1. The molecule has 1 heterocycles. The van der Waals surface area contributed by atoms with Crippen molar-refractivity contribution in [2.24, 2.45) is 0 Å². The average Bonchev–Trinajstić information content (AvgIpc) is 2.44. The van der Waals surface area contributed by atoms with E-state index in [0.717, 1.165) is 29.5 Å². The highest BCUT2D eigenvalue weighted by atomic mass is 79.9. The van der Waals surface area contributed by atoms with Crippen molar-refractivity contribution in [2.75, 3.05) is 6.61 Å². The molecule has 5 heteroatoms. The van der Waals surface area contributed by atoms with Gasteiger partial charge in [0.05, 0.1) is 28.9 Å². The van der Waals surface area contributed by atoms with Crippen molar-refractivity contribution in [3.8, 4) is 0 Å². The van der Waals surface area contributed by atoms with Crippen molar-refractivity contribution in [2.45, 2.75) is 51.0 Å². The number of rotatable bonds is 5. The van der Waals surface area contributed by atoms with Crippen LogP contribution in [0.4, 0.5) is 0 Å². The van der Waals surface area contributed by atoms with Crippen molar-refractivity contribution < 1.29 is 8.95 Å². The quantitative estimate of drug-likeness (QED) is 0.771. The summed E-state index contributed by atoms with van der Waals surface area (Å²) in [7, 11) is -1.13. The van der Waals surface area contributed by atoms with Crippen LogP contribution in [0.5, 0.6) is 0 Å². The van der Waals surface area contributed by atoms with E-state index in [1.165, 1.54) is 11.1 Å². The Morgan fingerprint density at radius 3 is 2.86 bits per heavy atom. The minimum absolute atomic E-state index is 0.0227. The first kappa shape index (κ1) is 17.9. The fourth-order valence-corrected chi connectivity index (χ4v) is 3.85. The molecule has 2 rings (SSSR count). The molecule has 1 aromatic rings. The SMILES string of the molecule is C=CCC(NS(=O)C(C)(C)C)c1cc(Br)cc2c1COCC2. The molecule has 22 heavy (non-hydrogen) atoms. The molecule has 0 spiro atoms. The summed E-state index contributed by atoms with van der Waals surface area (Å²) in [5, 5.41) is 0. The second kappa shape index (κ2) is 7.39. The maximum atomic E-state index is 12.5. The molecule has 3 nitrogen and oxygen atoms in total. The van der Waals surface area contributed by atoms with Crippen LogP contribution in [-0.4, -0.2) is 15.6 Å². The second-order valence-electron chi connectivity index (χ2n) is 6.51. The summed E-state index contributed by atoms with van der Waals surface area (Å²) in [4.78, 5) is 0. The third-order valence-corrected chi connectivity index (χ3v) is 5.76. The molecule has 0 aromatic heterocycles. The zero-order chi connectivity index (χ0) is 16.3. The van der Waals surface area contributed by atoms with Gasteiger partial charge in [-0.05, 0) is 62.4 Å². The lowest BCUT2D eigenvalue weighted by molar-refractivity contribution is 0.109. The van der Waals surface area contributed by atoms with Gasteiger partial charge in [-0.3, -0.25) is 0 Å². The van der Waals surface area contributed by atoms with E-state index in [9.17, 15) is 4.21 Å². The molecule has 1 aromatic carbocycles. The summed E-state index contributed by atoms with van der Waals surface area (Å²) in [6.07, 6.45) is 3.52. The van der Waals surface area contributed by atoms with Gasteiger partial charge in [-0.15, -0.1) is 6.58 Å². The Labute approximate surface area is 144 Å². The molecule has 0 amide bonds. The smallest absolute Gasteiger partial charge is 0.0976 e. The predicted molar refractivity (Wildman–Crippen MR) is 96.1 cm³/mol. The number of fused-ring (bicyclic) bond motifs is 1. The standard InChI is InChI=1S/C17H24BrNO2S/c1-5-6-16(19-22(20)17(2,3)4)14-10-13(18)9-12-7-8-21-11-15(12)14/h5,9-10,16,19H,1,6-8,11H2,2-4H3. The number of ether oxygens (including phenoxy) is 1. The van der Waals surface area contributed by atoms with Crippen molar-refractivity contribution in [1.29, 1.82) is 0 Å². The van der Waals surface area contributed by atoms with Crippen molar-refractivity contribution in [3.05, 3.63) is 46.0 Å². The fourth-order valence-electron chi connectivity index (χ4n) is 2.49. The van der Waals surface area contributed by atoms with Gasteiger partial charge in [-0.2, -0.15) is 0 Å². The molecule has 0 saturated heterocycles. The van der Waals surface area contributed by atoms with Crippen LogP contribution in [0.1, 0.15) is 49.9 Å². The van der Waals surface area contributed by atoms with Crippen molar-refractivity contribution in [3.63, 3.8) is 0 Å². The topological polar surface area (TPSA) is 38.3 Å². The lowest BCUT2D eigenvalue weighted by Gasteiger charge is -2.28. The molecule has 0 bridgehead atoms. The first-order valence-electron chi connectivity index (χ1n) is 7.51. The Morgan fingerprint density at radius 2 is 2.23 bits per heavy atom. The summed E-state index contributed by atoms with van der Waals surface area (Å²) in [6, 6.07) is 4.24. The molecule has 1 aliphatic heterocycles. The molecule has 2 unspecified atom stereocenters. The fraction of sp³-hybridized carbons (Fsp3) is 0.529. The van der Waals surface area contributed by atoms with Gasteiger partial charge in [-0.1, -0.05) is 22.0 Å². The molecule has 0 aliphatic carbocycles. The Bertz CT molecular complexity index is 581. The van der Waals surface area contributed by atoms with Crippen LogP contribution >= 0.6 is 15.9 Å². The molecule has 0 saturated carbocycles. The normalized spacial score (nSPS) is 17.6. The number of benzene rings is 1. The maximum Gasteiger partial charge on any atom is 0.0976 e. The lowest BCUT2D eigenvalue weighted by atomic mass is 9.92. The van der Waals surface area contributed by atoms with Gasteiger partial charge in [0.1, 0.15) is 0 Å². The summed E-state index contributed by atoms with van der Waals surface area (Å²) >= 11 is 3.60. The number of hydrogen-bond donors (Lipinski definition) is 1. The zero-order valence-electron chi connectivity index (χ0n) is 13.4. The summed E-state index contributed by atoms with van der Waals surface area (Å²) in [5.74, 6) is 0. The largest absolute Gasteiger partial charge is 0.376 e. The Morgan fingerprint density at radius 1 is 1.50 bits per heavy atom. The van der Waals surface area contributed by atoms with Crippen molar-refractivity contribution >= 4 is 26.9 Å². The molecular weight excluding hydrogens is 362 g/mol. The average molecular weight is 386 g/mol. The first-order valence-corrected chi connectivity index (χ1v) is 9.45. The molecule has 1 N–H and O–H groups in total. The Hall–Kier alpha value is -0.490. The highest BCUT2D eigenvalue weighted by molar-refractivity contribution is 9.10. The van der Waals surface area contributed by atoms with Crippen molar-refractivity contribution in [1.82, 2.24) is 4.72 Å². The third kappa shape index (κ3) is 4.28. The Kier molecular flexibility index (Phi) is 6.00. The van der Waals surface area contributed by atoms with E-state index in [4.69, 9.17) is 4.74 Å². The van der Waals surface area contributed by atoms with Crippen LogP contribution in [-0.2, 0) is 28.8 Å². The van der Waals surface area contributed by atoms with Gasteiger partial charge >= 0.3 is 0 Å². The summed E-state index contributed by atoms with van der Waals surface area (Å²) in [6.45, 7) is 11.1. The van der Waals surface area contributed by atoms with Crippen LogP contribution in [0.25, 0.3) is 0 Å². The lowest BCUT2D eigenvalue weighted by Crippen LogP contribution is -2.36. The minimum atomic E-state index is -1.13. The molecular formula is C17H24BrNO2S. The second-order valence-corrected chi connectivity index (χ2v) is 9.42. The van der Waals surface area contributed by atoms with E-state index in [1.54, 1.807) is 0 Å². The van der Waals surface area contributed by atoms with Gasteiger partial charge in [0.2, 0.25) is 0 Å². The summed E-state index contributed by atoms with van der Waals surface area (Å²) in [5.41, 5.74) is 3.69. The zero-order valence-corrected chi connectivity index (χ0v) is 15.9. The first-order chi connectivity index (χ1) is 10.3. The van der Waals surface area contributed by atoms with E-state index in [2.05, 4.69) is 39.4 Å². The van der Waals surface area contributed by atoms with Gasteiger partial charge in [0.15, 0.2) is 0 Å². The van der Waals surface area contributed by atoms with Gasteiger partial charge in [0, 0.05) is 10.5 Å². The predicted octanol–water partition coefficient (Wildman–Crippen LogP) is 4.19. The van der Waals surface area contributed by atoms with E-state index in [-0.39, 0.29) is 10.8 Å². The minimum Gasteiger partial charge on any atom is -0.376 e. The maximum absolute atomic E-state index is 12.5. The summed E-state index contributed by atoms with van der Waals surface area (Å²) < 4.78 is 22.2. The van der Waals surface area contributed by atoms with E-state index >= 15 is 0 Å².